The van der Waals surface area contributed by atoms with Crippen LogP contribution >= 0.6 is 0 Å². The fourth-order valence-electron chi connectivity index (χ4n) is 0.831. The topological polar surface area (TPSA) is 55.6 Å². The van der Waals surface area contributed by atoms with E-state index in [1.54, 1.807) is 0 Å². The van der Waals surface area contributed by atoms with Crippen LogP contribution in [0.4, 0.5) is 0 Å². The van der Waals surface area contributed by atoms with Gasteiger partial charge in [-0.05, 0) is 14.1 Å². The third-order valence-corrected chi connectivity index (χ3v) is 1.26. The Labute approximate surface area is 67.3 Å². The van der Waals surface area contributed by atoms with Gasteiger partial charge in [-0.25, -0.2) is 0 Å². The highest BCUT2D eigenvalue weighted by Crippen LogP contribution is 1.91. The van der Waals surface area contributed by atoms with E-state index in [-0.39, 0.29) is 18.4 Å². The number of methoxy groups -OCH3 is 1. The van der Waals surface area contributed by atoms with Crippen molar-refractivity contribution in [2.45, 2.75) is 12.5 Å². The van der Waals surface area contributed by atoms with E-state index in [2.05, 4.69) is 4.74 Å². The van der Waals surface area contributed by atoms with Gasteiger partial charge in [-0.3, -0.25) is 4.79 Å². The summed E-state index contributed by atoms with van der Waals surface area (Å²) in [4.78, 5) is 12.6. The monoisotopic (exact) mass is 160 g/mol. The smallest absolute Gasteiger partial charge is 0.307 e. The summed E-state index contributed by atoms with van der Waals surface area (Å²) in [5, 5.41) is 0. The zero-order valence-electron chi connectivity index (χ0n) is 7.33. The lowest BCUT2D eigenvalue weighted by atomic mass is 10.2. The molecule has 0 fully saturated rings. The molecule has 0 bridgehead atoms. The van der Waals surface area contributed by atoms with Crippen molar-refractivity contribution in [1.82, 2.24) is 4.90 Å². The minimum atomic E-state index is -0.251. The van der Waals surface area contributed by atoms with Gasteiger partial charge in [-0.1, -0.05) is 0 Å². The zero-order chi connectivity index (χ0) is 8.85. The molecule has 2 N–H and O–H groups in total. The van der Waals surface area contributed by atoms with Gasteiger partial charge in [0.25, 0.3) is 0 Å². The van der Waals surface area contributed by atoms with Gasteiger partial charge >= 0.3 is 5.97 Å². The molecule has 0 unspecified atom stereocenters. The van der Waals surface area contributed by atoms with Crippen LogP contribution in [0.5, 0.6) is 0 Å². The van der Waals surface area contributed by atoms with Crippen molar-refractivity contribution in [2.75, 3.05) is 27.7 Å². The molecule has 0 heterocycles. The van der Waals surface area contributed by atoms with E-state index in [1.807, 2.05) is 19.0 Å². The Morgan fingerprint density at radius 2 is 2.18 bits per heavy atom. The summed E-state index contributed by atoms with van der Waals surface area (Å²) in [6, 6.07) is -0.127. The molecule has 0 aromatic heterocycles. The molecule has 0 aliphatic heterocycles. The molecule has 1 atom stereocenters. The summed E-state index contributed by atoms with van der Waals surface area (Å²) >= 11 is 0. The number of nitrogens with zero attached hydrogens (tertiary/aromatic N) is 1. The van der Waals surface area contributed by atoms with Gasteiger partial charge in [-0.15, -0.1) is 0 Å². The Morgan fingerprint density at radius 1 is 1.64 bits per heavy atom. The predicted octanol–water partition coefficient (Wildman–Crippen LogP) is -0.562. The average molecular weight is 160 g/mol. The number of likely N-dealkylation sites (N-methyl/N-ethyl adjacent to an activating group) is 1. The van der Waals surface area contributed by atoms with E-state index in [0.717, 1.165) is 0 Å². The quantitative estimate of drug-likeness (QED) is 0.560. The van der Waals surface area contributed by atoms with Gasteiger partial charge in [0.2, 0.25) is 0 Å². The summed E-state index contributed by atoms with van der Waals surface area (Å²) in [6.45, 7) is 0.703. The van der Waals surface area contributed by atoms with Gasteiger partial charge in [0.15, 0.2) is 0 Å². The molecule has 0 rings (SSSR count). The highest BCUT2D eigenvalue weighted by atomic mass is 16.5. The maximum absolute atomic E-state index is 10.7. The number of esters is 1. The third-order valence-electron chi connectivity index (χ3n) is 1.26. The van der Waals surface area contributed by atoms with Crippen LogP contribution in [0.25, 0.3) is 0 Å². The van der Waals surface area contributed by atoms with Crippen molar-refractivity contribution in [3.63, 3.8) is 0 Å². The normalized spacial score (nSPS) is 13.2. The lowest BCUT2D eigenvalue weighted by molar-refractivity contribution is -0.141. The van der Waals surface area contributed by atoms with Crippen molar-refractivity contribution in [1.29, 1.82) is 0 Å². The van der Waals surface area contributed by atoms with Crippen LogP contribution in [0.3, 0.4) is 0 Å². The van der Waals surface area contributed by atoms with Crippen molar-refractivity contribution >= 4 is 5.97 Å². The van der Waals surface area contributed by atoms with Gasteiger partial charge in [0.1, 0.15) is 0 Å². The minimum Gasteiger partial charge on any atom is -0.469 e. The summed E-state index contributed by atoms with van der Waals surface area (Å²) in [6.07, 6.45) is 0.286. The lowest BCUT2D eigenvalue weighted by Gasteiger charge is -2.15. The van der Waals surface area contributed by atoms with Crippen LogP contribution in [0.15, 0.2) is 0 Å². The first-order valence-corrected chi connectivity index (χ1v) is 3.53. The fraction of sp³-hybridized carbons (Fsp3) is 0.857. The van der Waals surface area contributed by atoms with E-state index in [1.165, 1.54) is 7.11 Å². The first-order valence-electron chi connectivity index (χ1n) is 3.53. The Bertz CT molecular complexity index is 126. The molecule has 0 spiro atoms. The van der Waals surface area contributed by atoms with E-state index in [4.69, 9.17) is 5.73 Å². The van der Waals surface area contributed by atoms with Crippen molar-refractivity contribution in [3.05, 3.63) is 0 Å². The number of ether oxygens (including phenoxy) is 1. The summed E-state index contributed by atoms with van der Waals surface area (Å²) in [5.41, 5.74) is 5.61. The number of rotatable bonds is 4. The Kier molecular flexibility index (Phi) is 4.81. The largest absolute Gasteiger partial charge is 0.469 e. The summed E-state index contributed by atoms with van der Waals surface area (Å²) < 4.78 is 4.46. The van der Waals surface area contributed by atoms with Crippen LogP contribution < -0.4 is 5.73 Å². The first-order chi connectivity index (χ1) is 5.06. The van der Waals surface area contributed by atoms with Gasteiger partial charge in [-0.2, -0.15) is 0 Å². The van der Waals surface area contributed by atoms with Gasteiger partial charge in [0, 0.05) is 12.6 Å². The van der Waals surface area contributed by atoms with Crippen LogP contribution in [-0.2, 0) is 9.53 Å². The molecule has 0 saturated carbocycles. The van der Waals surface area contributed by atoms with Crippen molar-refractivity contribution in [2.24, 2.45) is 5.73 Å². The van der Waals surface area contributed by atoms with E-state index in [0.29, 0.717) is 6.54 Å². The summed E-state index contributed by atoms with van der Waals surface area (Å²) in [7, 11) is 5.19. The van der Waals surface area contributed by atoms with E-state index < -0.39 is 0 Å². The van der Waals surface area contributed by atoms with Crippen molar-refractivity contribution in [3.8, 4) is 0 Å². The standard InChI is InChI=1S/C7H16N2O2/c1-9(2)5-6(8)4-7(10)11-3/h6H,4-5,8H2,1-3H3/t6-/m0/s1. The van der Waals surface area contributed by atoms with Gasteiger partial charge in [0.05, 0.1) is 13.5 Å². The second-order valence-electron chi connectivity index (χ2n) is 2.80. The van der Waals surface area contributed by atoms with Crippen LogP contribution in [0.2, 0.25) is 0 Å². The molecule has 4 heteroatoms. The first kappa shape index (κ1) is 10.4. The fourth-order valence-corrected chi connectivity index (χ4v) is 0.831. The molecule has 0 aliphatic carbocycles. The molecule has 11 heavy (non-hydrogen) atoms. The molecule has 4 nitrogen and oxygen atoms in total. The number of hydrogen-bond donors (Lipinski definition) is 1. The molecule has 0 saturated heterocycles. The summed E-state index contributed by atoms with van der Waals surface area (Å²) in [5.74, 6) is -0.251. The Morgan fingerprint density at radius 3 is 2.55 bits per heavy atom. The number of carbonyl (C=O) groups excluding carboxylic acids is 1. The number of carbonyl (C=O) groups is 1. The van der Waals surface area contributed by atoms with E-state index >= 15 is 0 Å². The number of hydrogen-bond acceptors (Lipinski definition) is 4. The van der Waals surface area contributed by atoms with Gasteiger partial charge < -0.3 is 15.4 Å². The second kappa shape index (κ2) is 5.09. The maximum atomic E-state index is 10.7. The average Bonchev–Trinajstić information content (AvgIpc) is 1.85. The Hall–Kier alpha value is -0.610. The SMILES string of the molecule is COC(=O)C[C@H](N)CN(C)C. The third kappa shape index (κ3) is 5.82. The predicted molar refractivity (Wildman–Crippen MR) is 43.2 cm³/mol. The zero-order valence-corrected chi connectivity index (χ0v) is 7.33. The van der Waals surface area contributed by atoms with Crippen LogP contribution in [0.1, 0.15) is 6.42 Å². The molecular formula is C7H16N2O2. The van der Waals surface area contributed by atoms with Crippen molar-refractivity contribution < 1.29 is 9.53 Å². The minimum absolute atomic E-state index is 0.127. The van der Waals surface area contributed by atoms with Crippen LogP contribution in [0, 0.1) is 0 Å². The second-order valence-corrected chi connectivity index (χ2v) is 2.80. The highest BCUT2D eigenvalue weighted by molar-refractivity contribution is 5.69. The molecular weight excluding hydrogens is 144 g/mol. The van der Waals surface area contributed by atoms with Crippen LogP contribution in [-0.4, -0.2) is 44.7 Å². The Balaban J connectivity index is 3.51. The molecule has 0 aromatic rings. The maximum Gasteiger partial charge on any atom is 0.307 e. The molecule has 0 aliphatic rings. The highest BCUT2D eigenvalue weighted by Gasteiger charge is 2.09. The number of nitrogens with two attached hydrogens (primary N) is 1. The van der Waals surface area contributed by atoms with E-state index in [9.17, 15) is 4.79 Å². The molecule has 0 radical (unpaired) electrons. The molecule has 0 aromatic carbocycles. The molecule has 66 valence electrons. The molecule has 0 amide bonds. The lowest BCUT2D eigenvalue weighted by Crippen LogP contribution is -2.35.